The number of aryl methyl sites for hydroxylation is 1. The Balaban J connectivity index is 2.41. The molecule has 2 aromatic rings. The van der Waals surface area contributed by atoms with Crippen molar-refractivity contribution < 1.29 is 18.0 Å². The van der Waals surface area contributed by atoms with Crippen molar-refractivity contribution in [1.82, 2.24) is 10.2 Å². The molecule has 0 fully saturated rings. The molecule has 0 bridgehead atoms. The lowest BCUT2D eigenvalue weighted by molar-refractivity contribution is -0.139. The summed E-state index contributed by atoms with van der Waals surface area (Å²) in [6.45, 7) is 7.15. The van der Waals surface area contributed by atoms with E-state index in [1.165, 1.54) is 4.90 Å². The van der Waals surface area contributed by atoms with Crippen LogP contribution in [0, 0.1) is 0 Å². The highest BCUT2D eigenvalue weighted by Crippen LogP contribution is 2.24. The van der Waals surface area contributed by atoms with Crippen LogP contribution in [0.5, 0.6) is 0 Å². The minimum atomic E-state index is -3.76. The maximum atomic E-state index is 13.6. The number of hydrogen-bond acceptors (Lipinski definition) is 4. The molecule has 0 aliphatic rings. The van der Waals surface area contributed by atoms with Crippen molar-refractivity contribution in [2.75, 3.05) is 17.1 Å². The van der Waals surface area contributed by atoms with Crippen LogP contribution in [0.1, 0.15) is 45.2 Å². The molecule has 0 aromatic heterocycles. The third-order valence-corrected chi connectivity index (χ3v) is 7.13. The van der Waals surface area contributed by atoms with Gasteiger partial charge in [0.2, 0.25) is 21.8 Å². The Labute approximate surface area is 208 Å². The maximum Gasteiger partial charge on any atom is 0.244 e. The molecule has 0 aliphatic heterocycles. The largest absolute Gasteiger partial charge is 0.352 e. The molecule has 0 unspecified atom stereocenters. The number of carbonyl (C=O) groups excluding carboxylic acids is 2. The number of rotatable bonds is 11. The Hall–Kier alpha value is -2.58. The van der Waals surface area contributed by atoms with Crippen molar-refractivity contribution in [2.45, 2.75) is 59.2 Å². The van der Waals surface area contributed by atoms with E-state index in [1.54, 1.807) is 43.3 Å². The molecule has 34 heavy (non-hydrogen) atoms. The standard InChI is InChI=1S/C25H34ClN3O4S/c1-6-18(3)27-25(31)19(4)28(16-20-12-14-22(26)15-13-20)24(30)17-29(34(5,32)33)23-11-9-8-10-21(23)7-2/h8-15,18-19H,6-7,16-17H2,1-5H3,(H,27,31)/t18-,19-/m0/s1. The number of amides is 2. The summed E-state index contributed by atoms with van der Waals surface area (Å²) in [4.78, 5) is 27.9. The van der Waals surface area contributed by atoms with E-state index in [1.807, 2.05) is 32.9 Å². The van der Waals surface area contributed by atoms with Gasteiger partial charge in [-0.2, -0.15) is 0 Å². The summed E-state index contributed by atoms with van der Waals surface area (Å²) in [5, 5.41) is 3.47. The predicted molar refractivity (Wildman–Crippen MR) is 137 cm³/mol. The number of hydrogen-bond donors (Lipinski definition) is 1. The van der Waals surface area contributed by atoms with Gasteiger partial charge in [-0.15, -0.1) is 0 Å². The maximum absolute atomic E-state index is 13.6. The Morgan fingerprint density at radius 3 is 2.21 bits per heavy atom. The van der Waals surface area contributed by atoms with E-state index in [9.17, 15) is 18.0 Å². The van der Waals surface area contributed by atoms with E-state index in [0.717, 1.165) is 28.1 Å². The van der Waals surface area contributed by atoms with Crippen molar-refractivity contribution in [1.29, 1.82) is 0 Å². The van der Waals surface area contributed by atoms with Crippen molar-refractivity contribution >= 4 is 39.1 Å². The zero-order valence-electron chi connectivity index (χ0n) is 20.4. The van der Waals surface area contributed by atoms with Gasteiger partial charge in [-0.05, 0) is 56.0 Å². The van der Waals surface area contributed by atoms with Crippen molar-refractivity contribution in [3.8, 4) is 0 Å². The third kappa shape index (κ3) is 7.46. The van der Waals surface area contributed by atoms with Gasteiger partial charge in [-0.3, -0.25) is 13.9 Å². The van der Waals surface area contributed by atoms with Crippen LogP contribution in [-0.2, 0) is 32.6 Å². The first-order chi connectivity index (χ1) is 16.0. The van der Waals surface area contributed by atoms with Crippen LogP contribution in [0.25, 0.3) is 0 Å². The minimum absolute atomic E-state index is 0.0496. The summed E-state index contributed by atoms with van der Waals surface area (Å²) >= 11 is 5.99. The molecule has 2 rings (SSSR count). The van der Waals surface area contributed by atoms with E-state index in [4.69, 9.17) is 11.6 Å². The Kier molecular flexibility index (Phi) is 9.94. The van der Waals surface area contributed by atoms with E-state index in [2.05, 4.69) is 5.32 Å². The van der Waals surface area contributed by atoms with Gasteiger partial charge in [0.25, 0.3) is 0 Å². The summed E-state index contributed by atoms with van der Waals surface area (Å²) in [5.41, 5.74) is 2.05. The molecule has 0 aliphatic carbocycles. The third-order valence-electron chi connectivity index (χ3n) is 5.75. The molecular weight excluding hydrogens is 474 g/mol. The molecule has 9 heteroatoms. The molecular formula is C25H34ClN3O4S. The van der Waals surface area contributed by atoms with Crippen LogP contribution in [0.15, 0.2) is 48.5 Å². The molecule has 2 amide bonds. The fourth-order valence-electron chi connectivity index (χ4n) is 3.48. The van der Waals surface area contributed by atoms with Crippen molar-refractivity contribution in [2.24, 2.45) is 0 Å². The molecule has 0 spiro atoms. The number of para-hydroxylation sites is 1. The number of benzene rings is 2. The van der Waals surface area contributed by atoms with Crippen LogP contribution in [-0.4, -0.2) is 50.0 Å². The normalized spacial score (nSPS) is 13.1. The van der Waals surface area contributed by atoms with Gasteiger partial charge >= 0.3 is 0 Å². The lowest BCUT2D eigenvalue weighted by Gasteiger charge is -2.32. The second kappa shape index (κ2) is 12.2. The summed E-state index contributed by atoms with van der Waals surface area (Å²) < 4.78 is 26.5. The van der Waals surface area contributed by atoms with Gasteiger partial charge in [0.05, 0.1) is 11.9 Å². The lowest BCUT2D eigenvalue weighted by Crippen LogP contribution is -2.52. The molecule has 2 atom stereocenters. The topological polar surface area (TPSA) is 86.8 Å². The van der Waals surface area contributed by atoms with Crippen molar-refractivity contribution in [3.63, 3.8) is 0 Å². The summed E-state index contributed by atoms with van der Waals surface area (Å²) in [5.74, 6) is -0.769. The van der Waals surface area contributed by atoms with E-state index < -0.39 is 28.5 Å². The second-order valence-electron chi connectivity index (χ2n) is 8.39. The van der Waals surface area contributed by atoms with Crippen LogP contribution in [0.4, 0.5) is 5.69 Å². The number of halogens is 1. The lowest BCUT2D eigenvalue weighted by atomic mass is 10.1. The first-order valence-electron chi connectivity index (χ1n) is 11.4. The molecule has 186 valence electrons. The van der Waals surface area contributed by atoms with Crippen LogP contribution < -0.4 is 9.62 Å². The number of nitrogens with zero attached hydrogens (tertiary/aromatic N) is 2. The van der Waals surface area contributed by atoms with Crippen molar-refractivity contribution in [3.05, 3.63) is 64.7 Å². The number of nitrogens with one attached hydrogen (secondary N) is 1. The van der Waals surface area contributed by atoms with E-state index in [-0.39, 0.29) is 18.5 Å². The average molecular weight is 508 g/mol. The number of carbonyl (C=O) groups is 2. The van der Waals surface area contributed by atoms with Gasteiger partial charge < -0.3 is 10.2 Å². The molecule has 0 saturated heterocycles. The average Bonchev–Trinajstić information content (AvgIpc) is 2.80. The monoisotopic (exact) mass is 507 g/mol. The quantitative estimate of drug-likeness (QED) is 0.498. The summed E-state index contributed by atoms with van der Waals surface area (Å²) in [6, 6.07) is 13.2. The molecule has 1 N–H and O–H groups in total. The van der Waals surface area contributed by atoms with Crippen LogP contribution in [0.3, 0.4) is 0 Å². The second-order valence-corrected chi connectivity index (χ2v) is 10.7. The number of sulfonamides is 1. The fraction of sp³-hybridized carbons (Fsp3) is 0.440. The van der Waals surface area contributed by atoms with Gasteiger partial charge in [-0.1, -0.05) is 55.8 Å². The first-order valence-corrected chi connectivity index (χ1v) is 13.6. The zero-order valence-corrected chi connectivity index (χ0v) is 22.0. The molecule has 0 heterocycles. The van der Waals surface area contributed by atoms with Gasteiger partial charge in [0.1, 0.15) is 12.6 Å². The smallest absolute Gasteiger partial charge is 0.244 e. The zero-order chi connectivity index (χ0) is 25.5. The Morgan fingerprint density at radius 1 is 1.03 bits per heavy atom. The van der Waals surface area contributed by atoms with Crippen LogP contribution >= 0.6 is 11.6 Å². The Morgan fingerprint density at radius 2 is 1.65 bits per heavy atom. The molecule has 2 aromatic carbocycles. The molecule has 7 nitrogen and oxygen atoms in total. The summed E-state index contributed by atoms with van der Waals surface area (Å²) in [7, 11) is -3.76. The number of anilines is 1. The van der Waals surface area contributed by atoms with Crippen LogP contribution in [0.2, 0.25) is 5.02 Å². The van der Waals surface area contributed by atoms with E-state index in [0.29, 0.717) is 17.1 Å². The first kappa shape index (κ1) is 27.7. The van der Waals surface area contributed by atoms with Gasteiger partial charge in [0, 0.05) is 17.6 Å². The minimum Gasteiger partial charge on any atom is -0.352 e. The molecule has 0 radical (unpaired) electrons. The predicted octanol–water partition coefficient (Wildman–Crippen LogP) is 4.00. The van der Waals surface area contributed by atoms with E-state index >= 15 is 0 Å². The SMILES string of the molecule is CCc1ccccc1N(CC(=O)N(Cc1ccc(Cl)cc1)[C@@H](C)C(=O)N[C@@H](C)CC)S(C)(=O)=O. The highest BCUT2D eigenvalue weighted by atomic mass is 35.5. The van der Waals surface area contributed by atoms with Gasteiger partial charge in [0.15, 0.2) is 0 Å². The highest BCUT2D eigenvalue weighted by Gasteiger charge is 2.31. The Bertz CT molecular complexity index is 1090. The summed E-state index contributed by atoms with van der Waals surface area (Å²) in [6.07, 6.45) is 2.44. The van der Waals surface area contributed by atoms with Gasteiger partial charge in [-0.25, -0.2) is 8.42 Å². The molecule has 0 saturated carbocycles. The fourth-order valence-corrected chi connectivity index (χ4v) is 4.49. The highest BCUT2D eigenvalue weighted by molar-refractivity contribution is 7.92.